The molecule has 0 bridgehead atoms. The van der Waals surface area contributed by atoms with Gasteiger partial charge >= 0.3 is 6.18 Å². The number of nitrogens with one attached hydrogen (secondary N) is 2. The summed E-state index contributed by atoms with van der Waals surface area (Å²) in [5, 5.41) is 9.92. The van der Waals surface area contributed by atoms with Crippen molar-refractivity contribution in [2.75, 3.05) is 30.9 Å². The van der Waals surface area contributed by atoms with E-state index in [0.717, 1.165) is 32.3 Å². The van der Waals surface area contributed by atoms with Gasteiger partial charge in [-0.25, -0.2) is 9.67 Å². The zero-order valence-corrected chi connectivity index (χ0v) is 14.5. The molecule has 2 aromatic heterocycles. The fourth-order valence-electron chi connectivity index (χ4n) is 3.39. The highest BCUT2D eigenvalue weighted by Gasteiger charge is 2.51. The van der Waals surface area contributed by atoms with Crippen LogP contribution in [0.5, 0.6) is 0 Å². The molecule has 1 aliphatic heterocycles. The van der Waals surface area contributed by atoms with Crippen molar-refractivity contribution in [3.63, 3.8) is 0 Å². The average Bonchev–Trinajstić information content (AvgIpc) is 2.85. The summed E-state index contributed by atoms with van der Waals surface area (Å²) in [6, 6.07) is 0.198. The molecule has 0 aromatic carbocycles. The van der Waals surface area contributed by atoms with E-state index in [1.54, 1.807) is 4.68 Å². The van der Waals surface area contributed by atoms with Crippen molar-refractivity contribution in [3.05, 3.63) is 23.1 Å². The Morgan fingerprint density at radius 1 is 1.31 bits per heavy atom. The first-order valence-corrected chi connectivity index (χ1v) is 8.39. The number of anilines is 3. The first kappa shape index (κ1) is 17.3. The Hall–Kier alpha value is -2.07. The second-order valence-corrected chi connectivity index (χ2v) is 7.04. The molecule has 2 fully saturated rings. The summed E-state index contributed by atoms with van der Waals surface area (Å²) in [5.74, 6) is -0.314. The molecule has 0 amide bonds. The quantitative estimate of drug-likeness (QED) is 0.835. The summed E-state index contributed by atoms with van der Waals surface area (Å²) in [6.45, 7) is 1.55. The Morgan fingerprint density at radius 2 is 2.04 bits per heavy atom. The first-order valence-electron chi connectivity index (χ1n) is 8.01. The van der Waals surface area contributed by atoms with Crippen molar-refractivity contribution in [3.8, 4) is 0 Å². The molecule has 11 heteroatoms. The number of hydrogen-bond acceptors (Lipinski definition) is 6. The Bertz CT molecular complexity index is 827. The fraction of sp³-hybridized carbons (Fsp3) is 0.533. The van der Waals surface area contributed by atoms with Crippen LogP contribution < -0.4 is 10.6 Å². The first-order chi connectivity index (χ1) is 12.3. The van der Waals surface area contributed by atoms with E-state index in [1.807, 2.05) is 0 Å². The Kier molecular flexibility index (Phi) is 3.99. The predicted octanol–water partition coefficient (Wildman–Crippen LogP) is 3.48. The van der Waals surface area contributed by atoms with Gasteiger partial charge in [-0.2, -0.15) is 23.3 Å². The monoisotopic (exact) mass is 388 g/mol. The van der Waals surface area contributed by atoms with Crippen LogP contribution in [-0.2, 0) is 10.9 Å². The van der Waals surface area contributed by atoms with Gasteiger partial charge < -0.3 is 15.4 Å². The largest absolute Gasteiger partial charge is 0.421 e. The lowest BCUT2D eigenvalue weighted by molar-refractivity contribution is -0.175. The summed E-state index contributed by atoms with van der Waals surface area (Å²) in [5.41, 5.74) is -0.222. The van der Waals surface area contributed by atoms with Crippen molar-refractivity contribution >= 4 is 29.1 Å². The molecular formula is C15H16ClF3N6O. The van der Waals surface area contributed by atoms with Gasteiger partial charge in [0.1, 0.15) is 11.4 Å². The van der Waals surface area contributed by atoms with Gasteiger partial charge in [-0.3, -0.25) is 0 Å². The topological polar surface area (TPSA) is 76.9 Å². The van der Waals surface area contributed by atoms with Crippen molar-refractivity contribution in [2.24, 2.45) is 5.41 Å². The SMILES string of the molecule is CNc1nc(Nc2cnn(C3CC4(COC4)C3)c2Cl)ncc1C(F)(F)F. The minimum atomic E-state index is -4.54. The Labute approximate surface area is 151 Å². The van der Waals surface area contributed by atoms with Crippen LogP contribution in [0.15, 0.2) is 12.4 Å². The lowest BCUT2D eigenvalue weighted by atomic mass is 9.64. The maximum atomic E-state index is 12.9. The van der Waals surface area contributed by atoms with Crippen molar-refractivity contribution in [1.82, 2.24) is 19.7 Å². The molecule has 4 rings (SSSR count). The van der Waals surface area contributed by atoms with E-state index in [4.69, 9.17) is 16.3 Å². The lowest BCUT2D eigenvalue weighted by Gasteiger charge is -2.53. The number of halogens is 4. The number of rotatable bonds is 4. The van der Waals surface area contributed by atoms with E-state index in [9.17, 15) is 13.2 Å². The predicted molar refractivity (Wildman–Crippen MR) is 88.6 cm³/mol. The second-order valence-electron chi connectivity index (χ2n) is 6.68. The van der Waals surface area contributed by atoms with E-state index >= 15 is 0 Å². The molecule has 1 aliphatic carbocycles. The molecule has 0 unspecified atom stereocenters. The number of aromatic nitrogens is 4. The van der Waals surface area contributed by atoms with Crippen LogP contribution in [0, 0.1) is 5.41 Å². The molecule has 2 aromatic rings. The molecule has 3 heterocycles. The van der Waals surface area contributed by atoms with Crippen molar-refractivity contribution in [1.29, 1.82) is 0 Å². The number of alkyl halides is 3. The zero-order chi connectivity index (χ0) is 18.5. The van der Waals surface area contributed by atoms with E-state index in [2.05, 4.69) is 25.7 Å². The van der Waals surface area contributed by atoms with Crippen LogP contribution in [0.3, 0.4) is 0 Å². The van der Waals surface area contributed by atoms with Crippen LogP contribution in [0.1, 0.15) is 24.4 Å². The third-order valence-electron chi connectivity index (χ3n) is 4.81. The highest BCUT2D eigenvalue weighted by Crippen LogP contribution is 2.53. The van der Waals surface area contributed by atoms with Crippen molar-refractivity contribution < 1.29 is 17.9 Å². The van der Waals surface area contributed by atoms with Gasteiger partial charge in [-0.1, -0.05) is 11.6 Å². The number of hydrogen-bond donors (Lipinski definition) is 2. The van der Waals surface area contributed by atoms with Crippen LogP contribution in [0.4, 0.5) is 30.6 Å². The summed E-state index contributed by atoms with van der Waals surface area (Å²) in [4.78, 5) is 7.59. The average molecular weight is 389 g/mol. The van der Waals surface area contributed by atoms with E-state index in [-0.39, 0.29) is 23.2 Å². The minimum absolute atomic E-state index is 0.00118. The summed E-state index contributed by atoms with van der Waals surface area (Å²) >= 11 is 6.37. The molecule has 26 heavy (non-hydrogen) atoms. The second kappa shape index (κ2) is 5.98. The van der Waals surface area contributed by atoms with Gasteiger partial charge in [-0.05, 0) is 12.8 Å². The molecule has 2 N–H and O–H groups in total. The normalized spacial score (nSPS) is 19.1. The maximum absolute atomic E-state index is 12.9. The van der Waals surface area contributed by atoms with Crippen LogP contribution in [0.2, 0.25) is 5.15 Å². The maximum Gasteiger partial charge on any atom is 0.421 e. The summed E-state index contributed by atoms with van der Waals surface area (Å²) in [7, 11) is 1.36. The van der Waals surface area contributed by atoms with Crippen molar-refractivity contribution in [2.45, 2.75) is 25.1 Å². The molecule has 0 atom stereocenters. The molecule has 1 spiro atoms. The standard InChI is InChI=1S/C15H16ClF3N6O/c1-20-12-9(15(17,18)19)4-21-13(24-12)23-10-5-22-25(11(10)16)8-2-14(3-8)6-26-7-14/h4-5,8H,2-3,6-7H2,1H3,(H2,20,21,23,24). The van der Waals surface area contributed by atoms with Gasteiger partial charge in [0.25, 0.3) is 0 Å². The molecule has 1 saturated heterocycles. The fourth-order valence-corrected chi connectivity index (χ4v) is 3.66. The van der Waals surface area contributed by atoms with Gasteiger partial charge in [0.05, 0.1) is 31.1 Å². The Morgan fingerprint density at radius 3 is 2.62 bits per heavy atom. The number of ether oxygens (including phenoxy) is 1. The zero-order valence-electron chi connectivity index (χ0n) is 13.8. The highest BCUT2D eigenvalue weighted by molar-refractivity contribution is 6.32. The molecular weight excluding hydrogens is 373 g/mol. The third-order valence-corrected chi connectivity index (χ3v) is 5.19. The minimum Gasteiger partial charge on any atom is -0.380 e. The van der Waals surface area contributed by atoms with E-state index in [0.29, 0.717) is 10.8 Å². The molecule has 1 saturated carbocycles. The molecule has 140 valence electrons. The molecule has 2 aliphatic rings. The van der Waals surface area contributed by atoms with Gasteiger partial charge in [0, 0.05) is 18.7 Å². The summed E-state index contributed by atoms with van der Waals surface area (Å²) in [6.07, 6.45) is -0.385. The van der Waals surface area contributed by atoms with Gasteiger partial charge in [0.2, 0.25) is 5.95 Å². The van der Waals surface area contributed by atoms with Crippen LogP contribution >= 0.6 is 11.6 Å². The smallest absolute Gasteiger partial charge is 0.380 e. The van der Waals surface area contributed by atoms with E-state index in [1.165, 1.54) is 13.2 Å². The highest BCUT2D eigenvalue weighted by atomic mass is 35.5. The third kappa shape index (κ3) is 2.86. The molecule has 7 nitrogen and oxygen atoms in total. The van der Waals surface area contributed by atoms with Crippen LogP contribution in [-0.4, -0.2) is 40.0 Å². The Balaban J connectivity index is 1.51. The van der Waals surface area contributed by atoms with E-state index < -0.39 is 11.7 Å². The van der Waals surface area contributed by atoms with Crippen LogP contribution in [0.25, 0.3) is 0 Å². The lowest BCUT2D eigenvalue weighted by Crippen LogP contribution is -2.52. The molecule has 0 radical (unpaired) electrons. The van der Waals surface area contributed by atoms with Gasteiger partial charge in [-0.15, -0.1) is 0 Å². The summed E-state index contributed by atoms with van der Waals surface area (Å²) < 4.78 is 45.7. The number of nitrogens with zero attached hydrogens (tertiary/aromatic N) is 4. The van der Waals surface area contributed by atoms with Gasteiger partial charge in [0.15, 0.2) is 5.15 Å².